The first-order valence-electron chi connectivity index (χ1n) is 7.41. The number of phenols is 1. The summed E-state index contributed by atoms with van der Waals surface area (Å²) in [6, 6.07) is 4.07. The van der Waals surface area contributed by atoms with Gasteiger partial charge in [-0.05, 0) is 45.8 Å². The van der Waals surface area contributed by atoms with Crippen LogP contribution in [0.2, 0.25) is 0 Å². The summed E-state index contributed by atoms with van der Waals surface area (Å²) in [6.45, 7) is 14.5. The Bertz CT molecular complexity index is 718. The Morgan fingerprint density at radius 1 is 0.909 bits per heavy atom. The van der Waals surface area contributed by atoms with Gasteiger partial charge in [-0.15, -0.1) is 0 Å². The van der Waals surface area contributed by atoms with E-state index in [1.54, 1.807) is 0 Å². The highest BCUT2D eigenvalue weighted by molar-refractivity contribution is 7.69. The minimum atomic E-state index is -0.158. The van der Waals surface area contributed by atoms with E-state index in [4.69, 9.17) is 0 Å². The van der Waals surface area contributed by atoms with Gasteiger partial charge in [-0.1, -0.05) is 51.9 Å². The summed E-state index contributed by atoms with van der Waals surface area (Å²) in [4.78, 5) is 12.8. The summed E-state index contributed by atoms with van der Waals surface area (Å²) in [5.41, 5.74) is 3.39. The van der Waals surface area contributed by atoms with Crippen LogP contribution in [0.15, 0.2) is 16.9 Å². The molecule has 22 heavy (non-hydrogen) atoms. The highest BCUT2D eigenvalue weighted by Gasteiger charge is 2.27. The first-order valence-corrected chi connectivity index (χ1v) is 9.56. The average Bonchev–Trinajstić information content (AvgIpc) is 2.68. The van der Waals surface area contributed by atoms with E-state index >= 15 is 0 Å². The molecule has 120 valence electrons. The van der Waals surface area contributed by atoms with Crippen LogP contribution in [0, 0.1) is 6.92 Å². The van der Waals surface area contributed by atoms with E-state index in [2.05, 4.69) is 41.5 Å². The molecule has 4 heteroatoms. The lowest BCUT2D eigenvalue weighted by atomic mass is 9.78. The van der Waals surface area contributed by atoms with Gasteiger partial charge < -0.3 is 5.11 Å². The van der Waals surface area contributed by atoms with Gasteiger partial charge in [0.15, 0.2) is 0 Å². The monoisotopic (exact) mass is 336 g/mol. The average molecular weight is 337 g/mol. The second-order valence-electron chi connectivity index (χ2n) is 7.83. The summed E-state index contributed by atoms with van der Waals surface area (Å²) in [6.07, 6.45) is 0. The summed E-state index contributed by atoms with van der Waals surface area (Å²) >= 11 is 0. The Labute approximate surface area is 139 Å². The highest BCUT2D eigenvalue weighted by Crippen LogP contribution is 2.43. The van der Waals surface area contributed by atoms with Gasteiger partial charge >= 0.3 is 0 Å². The van der Waals surface area contributed by atoms with Crippen LogP contribution in [-0.2, 0) is 10.8 Å². The molecule has 0 saturated heterocycles. The molecule has 2 rings (SSSR count). The van der Waals surface area contributed by atoms with Gasteiger partial charge in [0.05, 0.1) is 4.88 Å². The standard InChI is InChI=1S/C18H24O2S2/c1-10-15(21-22-16(10)20)11-8-12(17(2,3)4)14(19)13(9-11)18(5,6)7/h8-9,19H,1-7H3. The van der Waals surface area contributed by atoms with Crippen LogP contribution in [-0.4, -0.2) is 5.11 Å². The summed E-state index contributed by atoms with van der Waals surface area (Å²) < 4.78 is 0.127. The van der Waals surface area contributed by atoms with Crippen molar-refractivity contribution in [1.29, 1.82) is 0 Å². The molecule has 1 heterocycles. The molecule has 0 aliphatic rings. The van der Waals surface area contributed by atoms with Crippen molar-refractivity contribution >= 4 is 20.7 Å². The van der Waals surface area contributed by atoms with Crippen LogP contribution < -0.4 is 4.74 Å². The van der Waals surface area contributed by atoms with Gasteiger partial charge in [-0.3, -0.25) is 4.79 Å². The van der Waals surface area contributed by atoms with Gasteiger partial charge in [0.25, 0.3) is 0 Å². The molecule has 1 aromatic carbocycles. The molecule has 0 fully saturated rings. The predicted molar refractivity (Wildman–Crippen MR) is 97.7 cm³/mol. The van der Waals surface area contributed by atoms with E-state index < -0.39 is 0 Å². The van der Waals surface area contributed by atoms with Crippen molar-refractivity contribution in [2.75, 3.05) is 0 Å². The van der Waals surface area contributed by atoms with E-state index in [9.17, 15) is 9.90 Å². The highest BCUT2D eigenvalue weighted by atomic mass is 32.9. The number of hydrogen-bond donors (Lipinski definition) is 1. The first kappa shape index (κ1) is 17.2. The van der Waals surface area contributed by atoms with Gasteiger partial charge in [-0.25, -0.2) is 0 Å². The molecular formula is C18H24O2S2. The van der Waals surface area contributed by atoms with Gasteiger partial charge in [-0.2, -0.15) is 0 Å². The summed E-state index contributed by atoms with van der Waals surface area (Å²) in [7, 11) is 2.80. The lowest BCUT2D eigenvalue weighted by Crippen LogP contribution is -2.17. The van der Waals surface area contributed by atoms with Gasteiger partial charge in [0.2, 0.25) is 4.74 Å². The second kappa shape index (κ2) is 5.50. The second-order valence-corrected chi connectivity index (χ2v) is 9.94. The van der Waals surface area contributed by atoms with Crippen molar-refractivity contribution in [3.05, 3.63) is 38.4 Å². The fourth-order valence-electron chi connectivity index (χ4n) is 2.47. The van der Waals surface area contributed by atoms with Crippen LogP contribution in [0.25, 0.3) is 10.4 Å². The third-order valence-electron chi connectivity index (χ3n) is 3.84. The molecule has 2 nitrogen and oxygen atoms in total. The fourth-order valence-corrected chi connectivity index (χ4v) is 4.87. The van der Waals surface area contributed by atoms with Crippen molar-refractivity contribution in [2.45, 2.75) is 59.3 Å². The molecule has 0 amide bonds. The molecule has 0 spiro atoms. The Morgan fingerprint density at radius 3 is 1.68 bits per heavy atom. The van der Waals surface area contributed by atoms with Crippen LogP contribution in [0.4, 0.5) is 0 Å². The molecule has 1 N–H and O–H groups in total. The molecule has 1 aromatic heterocycles. The van der Waals surface area contributed by atoms with Crippen molar-refractivity contribution in [2.24, 2.45) is 0 Å². The number of phenolic OH excluding ortho intramolecular Hbond substituents is 1. The molecule has 2 aromatic rings. The van der Waals surface area contributed by atoms with Crippen molar-refractivity contribution < 1.29 is 5.11 Å². The smallest absolute Gasteiger partial charge is 0.246 e. The topological polar surface area (TPSA) is 37.3 Å². The minimum Gasteiger partial charge on any atom is -0.507 e. The molecule has 0 unspecified atom stereocenters. The van der Waals surface area contributed by atoms with E-state index in [-0.39, 0.29) is 15.6 Å². The maximum Gasteiger partial charge on any atom is 0.246 e. The third-order valence-corrected chi connectivity index (χ3v) is 6.29. The van der Waals surface area contributed by atoms with E-state index in [1.165, 1.54) is 20.7 Å². The fraction of sp³-hybridized carbons (Fsp3) is 0.500. The van der Waals surface area contributed by atoms with Crippen molar-refractivity contribution in [3.63, 3.8) is 0 Å². The SMILES string of the molecule is Cc1c(-c2cc(C(C)(C)C)c(O)c(C(C)(C)C)c2)ssc1=O. The predicted octanol–water partition coefficient (Wildman–Crippen LogP) is 5.45. The van der Waals surface area contributed by atoms with Crippen molar-refractivity contribution in [1.82, 2.24) is 0 Å². The van der Waals surface area contributed by atoms with E-state index in [0.717, 1.165) is 27.1 Å². The summed E-state index contributed by atoms with van der Waals surface area (Å²) in [5, 5.41) is 10.8. The van der Waals surface area contributed by atoms with E-state index in [0.29, 0.717) is 5.75 Å². The van der Waals surface area contributed by atoms with Gasteiger partial charge in [0.1, 0.15) is 5.75 Å². The minimum absolute atomic E-state index is 0.127. The molecular weight excluding hydrogens is 312 g/mol. The molecule has 0 aliphatic heterocycles. The lowest BCUT2D eigenvalue weighted by molar-refractivity contribution is 0.423. The Morgan fingerprint density at radius 2 is 1.36 bits per heavy atom. The lowest BCUT2D eigenvalue weighted by Gasteiger charge is -2.28. The largest absolute Gasteiger partial charge is 0.507 e. The van der Waals surface area contributed by atoms with Gasteiger partial charge in [0, 0.05) is 16.7 Å². The quantitative estimate of drug-likeness (QED) is 0.703. The molecule has 0 saturated carbocycles. The van der Waals surface area contributed by atoms with Crippen LogP contribution in [0.5, 0.6) is 5.75 Å². The number of rotatable bonds is 1. The first-order chi connectivity index (χ1) is 9.93. The molecule has 0 bridgehead atoms. The van der Waals surface area contributed by atoms with Crippen molar-refractivity contribution in [3.8, 4) is 16.2 Å². The Kier molecular flexibility index (Phi) is 4.31. The zero-order chi connectivity index (χ0) is 16.9. The molecule has 0 radical (unpaired) electrons. The number of benzene rings is 1. The Hall–Kier alpha value is -1.13. The third kappa shape index (κ3) is 3.13. The van der Waals surface area contributed by atoms with Crippen LogP contribution in [0.3, 0.4) is 0 Å². The molecule has 0 aliphatic carbocycles. The summed E-state index contributed by atoms with van der Waals surface area (Å²) in [5.74, 6) is 0.379. The van der Waals surface area contributed by atoms with Crippen LogP contribution in [0.1, 0.15) is 58.2 Å². The maximum absolute atomic E-state index is 11.8. The Balaban J connectivity index is 2.82. The maximum atomic E-state index is 11.8. The normalized spacial score (nSPS) is 12.7. The van der Waals surface area contributed by atoms with E-state index in [1.807, 2.05) is 19.1 Å². The number of hydrogen-bond acceptors (Lipinski definition) is 4. The number of aromatic hydroxyl groups is 1. The zero-order valence-electron chi connectivity index (χ0n) is 14.3. The zero-order valence-corrected chi connectivity index (χ0v) is 16.0. The van der Waals surface area contributed by atoms with Crippen LogP contribution >= 0.6 is 20.7 Å². The molecule has 0 atom stereocenters.